The molecule has 100 valence electrons. The summed E-state index contributed by atoms with van der Waals surface area (Å²) in [6, 6.07) is 4.48. The van der Waals surface area contributed by atoms with Gasteiger partial charge in [-0.25, -0.2) is 0 Å². The quantitative estimate of drug-likeness (QED) is 0.922. The Morgan fingerprint density at radius 2 is 2.17 bits per heavy atom. The first-order valence-corrected chi connectivity index (χ1v) is 8.03. The number of hydrogen-bond acceptors (Lipinski definition) is 3. The van der Waals surface area contributed by atoms with Gasteiger partial charge < -0.3 is 10.6 Å². The minimum atomic E-state index is 0.289. The molecule has 1 amide bonds. The van der Waals surface area contributed by atoms with E-state index in [2.05, 4.69) is 28.1 Å². The maximum Gasteiger partial charge on any atom is 0.222 e. The van der Waals surface area contributed by atoms with Gasteiger partial charge in [-0.3, -0.25) is 4.79 Å². The van der Waals surface area contributed by atoms with E-state index < -0.39 is 0 Å². The number of halogens is 1. The van der Waals surface area contributed by atoms with Gasteiger partial charge >= 0.3 is 0 Å². The van der Waals surface area contributed by atoms with Crippen molar-refractivity contribution in [3.8, 4) is 0 Å². The van der Waals surface area contributed by atoms with E-state index in [1.807, 2.05) is 4.90 Å². The molecule has 2 N–H and O–H groups in total. The number of carbonyl (C=O) groups is 1. The van der Waals surface area contributed by atoms with Crippen LogP contribution in [0.25, 0.3) is 0 Å². The molecule has 0 atom stereocenters. The van der Waals surface area contributed by atoms with E-state index in [9.17, 15) is 4.79 Å². The minimum Gasteiger partial charge on any atom is -0.343 e. The summed E-state index contributed by atoms with van der Waals surface area (Å²) in [5, 5.41) is 0. The van der Waals surface area contributed by atoms with E-state index >= 15 is 0 Å². The van der Waals surface area contributed by atoms with Crippen molar-refractivity contribution in [1.29, 1.82) is 0 Å². The predicted octanol–water partition coefficient (Wildman–Crippen LogP) is 2.78. The monoisotopic (exact) mass is 330 g/mol. The van der Waals surface area contributed by atoms with Gasteiger partial charge in [0.2, 0.25) is 5.91 Å². The van der Waals surface area contributed by atoms with Gasteiger partial charge in [-0.2, -0.15) is 0 Å². The Morgan fingerprint density at radius 1 is 1.44 bits per heavy atom. The Balaban J connectivity index is 1.68. The van der Waals surface area contributed by atoms with E-state index in [1.54, 1.807) is 11.3 Å². The molecule has 0 unspecified atom stereocenters. The highest BCUT2D eigenvalue weighted by atomic mass is 79.9. The summed E-state index contributed by atoms with van der Waals surface area (Å²) in [5.41, 5.74) is 5.83. The number of thiophene rings is 1. The van der Waals surface area contributed by atoms with Gasteiger partial charge in [0.25, 0.3) is 0 Å². The van der Waals surface area contributed by atoms with Crippen LogP contribution in [0, 0.1) is 0 Å². The average molecular weight is 331 g/mol. The Labute approximate surface area is 120 Å². The van der Waals surface area contributed by atoms with Gasteiger partial charge in [0.15, 0.2) is 0 Å². The lowest BCUT2D eigenvalue weighted by Gasteiger charge is -2.30. The van der Waals surface area contributed by atoms with Crippen molar-refractivity contribution in [2.45, 2.75) is 38.1 Å². The highest BCUT2D eigenvalue weighted by Crippen LogP contribution is 2.23. The smallest absolute Gasteiger partial charge is 0.222 e. The molecule has 0 radical (unpaired) electrons. The summed E-state index contributed by atoms with van der Waals surface area (Å²) in [6.45, 7) is 1.68. The van der Waals surface area contributed by atoms with Crippen LogP contribution in [-0.4, -0.2) is 29.9 Å². The van der Waals surface area contributed by atoms with Crippen LogP contribution in [0.2, 0.25) is 0 Å². The van der Waals surface area contributed by atoms with Crippen LogP contribution >= 0.6 is 27.3 Å². The molecule has 0 spiro atoms. The Hall–Kier alpha value is -0.390. The number of piperidine rings is 1. The second-order valence-corrected chi connectivity index (χ2v) is 7.33. The lowest BCUT2D eigenvalue weighted by Crippen LogP contribution is -2.42. The molecule has 2 heterocycles. The fourth-order valence-electron chi connectivity index (χ4n) is 2.21. The maximum absolute atomic E-state index is 12.0. The standard InChI is InChI=1S/C13H19BrN2OS/c14-12-5-4-11(18-12)2-1-3-13(17)16-8-6-10(15)7-9-16/h4-5,10H,1-3,6-9,15H2. The summed E-state index contributed by atoms with van der Waals surface area (Å²) in [7, 11) is 0. The normalized spacial score (nSPS) is 17.1. The Morgan fingerprint density at radius 3 is 2.78 bits per heavy atom. The lowest BCUT2D eigenvalue weighted by molar-refractivity contribution is -0.132. The Kier molecular flexibility index (Phi) is 5.21. The van der Waals surface area contributed by atoms with Gasteiger partial charge in [-0.05, 0) is 53.7 Å². The van der Waals surface area contributed by atoms with Crippen LogP contribution in [0.3, 0.4) is 0 Å². The van der Waals surface area contributed by atoms with Gasteiger partial charge in [-0.1, -0.05) is 0 Å². The van der Waals surface area contributed by atoms with E-state index in [-0.39, 0.29) is 11.9 Å². The average Bonchev–Trinajstić information content (AvgIpc) is 2.76. The highest BCUT2D eigenvalue weighted by molar-refractivity contribution is 9.11. The van der Waals surface area contributed by atoms with Crippen molar-refractivity contribution in [2.24, 2.45) is 5.73 Å². The molecule has 3 nitrogen and oxygen atoms in total. The van der Waals surface area contributed by atoms with E-state index in [1.165, 1.54) is 4.88 Å². The SMILES string of the molecule is NC1CCN(C(=O)CCCc2ccc(Br)s2)CC1. The largest absolute Gasteiger partial charge is 0.343 e. The number of carbonyl (C=O) groups excluding carboxylic acids is 1. The fraction of sp³-hybridized carbons (Fsp3) is 0.615. The molecule has 18 heavy (non-hydrogen) atoms. The van der Waals surface area contributed by atoms with Gasteiger partial charge in [-0.15, -0.1) is 11.3 Å². The third kappa shape index (κ3) is 4.07. The molecule has 1 aromatic rings. The number of likely N-dealkylation sites (tertiary alicyclic amines) is 1. The molecule has 5 heteroatoms. The van der Waals surface area contributed by atoms with Crippen LogP contribution in [-0.2, 0) is 11.2 Å². The molecule has 1 aromatic heterocycles. The lowest BCUT2D eigenvalue weighted by atomic mass is 10.1. The molecular weight excluding hydrogens is 312 g/mol. The zero-order valence-corrected chi connectivity index (χ0v) is 12.8. The number of rotatable bonds is 4. The third-order valence-electron chi connectivity index (χ3n) is 3.33. The van der Waals surface area contributed by atoms with Gasteiger partial charge in [0.05, 0.1) is 3.79 Å². The van der Waals surface area contributed by atoms with Crippen LogP contribution in [0.1, 0.15) is 30.6 Å². The van der Waals surface area contributed by atoms with E-state index in [0.717, 1.165) is 42.6 Å². The summed E-state index contributed by atoms with van der Waals surface area (Å²) in [5.74, 6) is 0.289. The number of nitrogens with two attached hydrogens (primary N) is 1. The molecule has 0 bridgehead atoms. The first kappa shape index (κ1) is 14.0. The zero-order chi connectivity index (χ0) is 13.0. The molecule has 1 fully saturated rings. The van der Waals surface area contributed by atoms with E-state index in [0.29, 0.717) is 6.42 Å². The van der Waals surface area contributed by atoms with Gasteiger partial charge in [0, 0.05) is 30.4 Å². The van der Waals surface area contributed by atoms with Crippen molar-refractivity contribution < 1.29 is 4.79 Å². The first-order chi connectivity index (χ1) is 8.65. The first-order valence-electron chi connectivity index (χ1n) is 6.43. The molecule has 1 aliphatic heterocycles. The maximum atomic E-state index is 12.0. The number of aryl methyl sites for hydroxylation is 1. The molecule has 0 aliphatic carbocycles. The number of amides is 1. The van der Waals surface area contributed by atoms with Crippen molar-refractivity contribution in [3.05, 3.63) is 20.8 Å². The van der Waals surface area contributed by atoms with Crippen LogP contribution < -0.4 is 5.73 Å². The van der Waals surface area contributed by atoms with Crippen molar-refractivity contribution >= 4 is 33.2 Å². The molecule has 0 saturated carbocycles. The summed E-state index contributed by atoms with van der Waals surface area (Å²) in [4.78, 5) is 15.3. The summed E-state index contributed by atoms with van der Waals surface area (Å²) in [6.07, 6.45) is 4.49. The number of nitrogens with zero attached hydrogens (tertiary/aromatic N) is 1. The number of hydrogen-bond donors (Lipinski definition) is 1. The molecule has 1 aliphatic rings. The summed E-state index contributed by atoms with van der Waals surface area (Å²) < 4.78 is 1.16. The predicted molar refractivity (Wildman–Crippen MR) is 78.7 cm³/mol. The fourth-order valence-corrected chi connectivity index (χ4v) is 3.73. The van der Waals surface area contributed by atoms with Gasteiger partial charge in [0.1, 0.15) is 0 Å². The van der Waals surface area contributed by atoms with Crippen molar-refractivity contribution in [3.63, 3.8) is 0 Å². The second kappa shape index (κ2) is 6.68. The zero-order valence-electron chi connectivity index (χ0n) is 10.4. The van der Waals surface area contributed by atoms with Crippen molar-refractivity contribution in [1.82, 2.24) is 4.90 Å². The third-order valence-corrected chi connectivity index (χ3v) is 5.02. The molecule has 0 aromatic carbocycles. The van der Waals surface area contributed by atoms with Crippen LogP contribution in [0.4, 0.5) is 0 Å². The molecule has 1 saturated heterocycles. The molecular formula is C13H19BrN2OS. The van der Waals surface area contributed by atoms with Crippen LogP contribution in [0.15, 0.2) is 15.9 Å². The second-order valence-electron chi connectivity index (χ2n) is 4.78. The molecule has 2 rings (SSSR count). The van der Waals surface area contributed by atoms with Crippen LogP contribution in [0.5, 0.6) is 0 Å². The summed E-state index contributed by atoms with van der Waals surface area (Å²) >= 11 is 5.20. The minimum absolute atomic E-state index is 0.289. The van der Waals surface area contributed by atoms with Crippen molar-refractivity contribution in [2.75, 3.05) is 13.1 Å². The topological polar surface area (TPSA) is 46.3 Å². The Bertz CT molecular complexity index is 399. The highest BCUT2D eigenvalue weighted by Gasteiger charge is 2.19. The van der Waals surface area contributed by atoms with E-state index in [4.69, 9.17) is 5.73 Å².